The Morgan fingerprint density at radius 1 is 0.380 bits per heavy atom. The third-order valence-corrected chi connectivity index (χ3v) is 9.60. The molecule has 0 saturated carbocycles. The van der Waals surface area contributed by atoms with Crippen LogP contribution in [0.15, 0.2) is 152 Å². The summed E-state index contributed by atoms with van der Waals surface area (Å²) < 4.78 is 4.40. The SMILES string of the molecule is N#Cc1cc(C#N)c(-n2c3ccccc3c3cc(C#N)ccc32)c(-c2ccc(-c3cccc(-n4c5ccccc5c5ccccc54)c3)cc2)c1. The van der Waals surface area contributed by atoms with Gasteiger partial charge in [0.2, 0.25) is 0 Å². The van der Waals surface area contributed by atoms with Crippen LogP contribution in [0.25, 0.3) is 77.2 Å². The number of benzene rings is 7. The summed E-state index contributed by atoms with van der Waals surface area (Å²) in [6.07, 6.45) is 0. The van der Waals surface area contributed by atoms with Crippen LogP contribution in [0.3, 0.4) is 0 Å². The van der Waals surface area contributed by atoms with Crippen molar-refractivity contribution < 1.29 is 0 Å². The zero-order valence-electron chi connectivity index (χ0n) is 26.7. The Kier molecular flexibility index (Phi) is 6.56. The quantitative estimate of drug-likeness (QED) is 0.193. The number of hydrogen-bond donors (Lipinski definition) is 0. The van der Waals surface area contributed by atoms with E-state index in [1.165, 1.54) is 10.8 Å². The third-order valence-electron chi connectivity index (χ3n) is 9.60. The maximum atomic E-state index is 10.4. The summed E-state index contributed by atoms with van der Waals surface area (Å²) in [5.41, 5.74) is 11.1. The minimum Gasteiger partial charge on any atom is -0.309 e. The first-order chi connectivity index (χ1) is 24.7. The van der Waals surface area contributed by atoms with Crippen LogP contribution in [-0.4, -0.2) is 9.13 Å². The molecule has 0 aliphatic rings. The van der Waals surface area contributed by atoms with E-state index in [0.717, 1.165) is 60.8 Å². The predicted octanol–water partition coefficient (Wildman–Crippen LogP) is 10.8. The lowest BCUT2D eigenvalue weighted by Crippen LogP contribution is -2.02. The van der Waals surface area contributed by atoms with Crippen LogP contribution in [-0.2, 0) is 0 Å². The Morgan fingerprint density at radius 3 is 1.60 bits per heavy atom. The number of nitriles is 3. The van der Waals surface area contributed by atoms with Crippen LogP contribution in [0.2, 0.25) is 0 Å². The standard InChI is InChI=1S/C45H25N5/c46-26-29-16-21-44-40(23-29)38-12-3-6-15-43(38)50(44)45-34(28-48)22-30(27-47)24-39(45)32-19-17-31(18-20-32)33-8-7-9-35(25-33)49-41-13-4-1-10-36(41)37-11-2-5-14-42(37)49/h1-25H. The van der Waals surface area contributed by atoms with Gasteiger partial charge in [-0.05, 0) is 77.4 Å². The van der Waals surface area contributed by atoms with Crippen LogP contribution in [0.1, 0.15) is 16.7 Å². The lowest BCUT2D eigenvalue weighted by molar-refractivity contribution is 1.17. The Balaban J connectivity index is 1.20. The topological polar surface area (TPSA) is 81.2 Å². The van der Waals surface area contributed by atoms with Gasteiger partial charge in [-0.3, -0.25) is 0 Å². The Hall–Kier alpha value is -7.39. The van der Waals surface area contributed by atoms with E-state index in [1.54, 1.807) is 12.1 Å². The molecule has 2 heterocycles. The third kappa shape index (κ3) is 4.38. The van der Waals surface area contributed by atoms with Crippen molar-refractivity contribution in [1.29, 1.82) is 15.8 Å². The monoisotopic (exact) mass is 635 g/mol. The van der Waals surface area contributed by atoms with Crippen molar-refractivity contribution in [2.75, 3.05) is 0 Å². The molecule has 50 heavy (non-hydrogen) atoms. The van der Waals surface area contributed by atoms with E-state index in [0.29, 0.717) is 22.4 Å². The highest BCUT2D eigenvalue weighted by molar-refractivity contribution is 6.11. The van der Waals surface area contributed by atoms with Gasteiger partial charge < -0.3 is 9.13 Å². The highest BCUT2D eigenvalue weighted by Crippen LogP contribution is 2.40. The summed E-state index contributed by atoms with van der Waals surface area (Å²) in [6, 6.07) is 57.9. The van der Waals surface area contributed by atoms with Gasteiger partial charge in [0, 0.05) is 32.8 Å². The van der Waals surface area contributed by atoms with Gasteiger partial charge in [-0.2, -0.15) is 15.8 Å². The average molecular weight is 636 g/mol. The van der Waals surface area contributed by atoms with E-state index in [-0.39, 0.29) is 0 Å². The smallest absolute Gasteiger partial charge is 0.101 e. The van der Waals surface area contributed by atoms with Crippen LogP contribution < -0.4 is 0 Å². The summed E-state index contributed by atoms with van der Waals surface area (Å²) in [5.74, 6) is 0. The molecule has 0 saturated heterocycles. The maximum Gasteiger partial charge on any atom is 0.101 e. The molecule has 0 bridgehead atoms. The van der Waals surface area contributed by atoms with Crippen LogP contribution in [0.4, 0.5) is 0 Å². The van der Waals surface area contributed by atoms with E-state index in [1.807, 2.05) is 42.5 Å². The fourth-order valence-electron chi connectivity index (χ4n) is 7.40. The first kappa shape index (κ1) is 28.8. The highest BCUT2D eigenvalue weighted by atomic mass is 15.0. The molecule has 0 unspecified atom stereocenters. The lowest BCUT2D eigenvalue weighted by atomic mass is 9.95. The summed E-state index contributed by atoms with van der Waals surface area (Å²) >= 11 is 0. The van der Waals surface area contributed by atoms with E-state index < -0.39 is 0 Å². The van der Waals surface area contributed by atoms with Crippen molar-refractivity contribution >= 4 is 43.6 Å². The van der Waals surface area contributed by atoms with Gasteiger partial charge >= 0.3 is 0 Å². The van der Waals surface area contributed by atoms with E-state index >= 15 is 0 Å². The second kappa shape index (κ2) is 11.4. The molecule has 5 heteroatoms. The molecule has 0 spiro atoms. The fraction of sp³-hybridized carbons (Fsp3) is 0. The van der Waals surface area contributed by atoms with Crippen molar-refractivity contribution in [3.63, 3.8) is 0 Å². The van der Waals surface area contributed by atoms with Crippen molar-refractivity contribution in [1.82, 2.24) is 9.13 Å². The normalized spacial score (nSPS) is 11.1. The number of hydrogen-bond acceptors (Lipinski definition) is 3. The van der Waals surface area contributed by atoms with Crippen molar-refractivity contribution in [2.24, 2.45) is 0 Å². The number of para-hydroxylation sites is 3. The molecule has 0 amide bonds. The van der Waals surface area contributed by atoms with Crippen LogP contribution >= 0.6 is 0 Å². The largest absolute Gasteiger partial charge is 0.309 e. The Labute approximate surface area is 287 Å². The van der Waals surface area contributed by atoms with Gasteiger partial charge in [0.05, 0.1) is 56.6 Å². The minimum absolute atomic E-state index is 0.397. The van der Waals surface area contributed by atoms with E-state index in [2.05, 4.69) is 124 Å². The molecule has 0 atom stereocenters. The number of aromatic nitrogens is 2. The van der Waals surface area contributed by atoms with E-state index in [4.69, 9.17) is 0 Å². The number of rotatable bonds is 4. The van der Waals surface area contributed by atoms with Crippen molar-refractivity contribution in [3.05, 3.63) is 168 Å². The zero-order chi connectivity index (χ0) is 33.8. The second-order valence-corrected chi connectivity index (χ2v) is 12.3. The maximum absolute atomic E-state index is 10.4. The fourth-order valence-corrected chi connectivity index (χ4v) is 7.40. The zero-order valence-corrected chi connectivity index (χ0v) is 26.7. The molecule has 0 aliphatic carbocycles. The summed E-state index contributed by atoms with van der Waals surface area (Å²) in [7, 11) is 0. The Bertz CT molecular complexity index is 2900. The first-order valence-electron chi connectivity index (χ1n) is 16.3. The van der Waals surface area contributed by atoms with Crippen molar-refractivity contribution in [3.8, 4) is 51.8 Å². The van der Waals surface area contributed by atoms with Crippen LogP contribution in [0.5, 0.6) is 0 Å². The van der Waals surface area contributed by atoms with Gasteiger partial charge in [-0.15, -0.1) is 0 Å². The summed E-state index contributed by atoms with van der Waals surface area (Å²) in [5, 5.41) is 34.4. The van der Waals surface area contributed by atoms with Gasteiger partial charge in [0.1, 0.15) is 6.07 Å². The molecule has 0 aliphatic heterocycles. The van der Waals surface area contributed by atoms with Gasteiger partial charge in [0.15, 0.2) is 0 Å². The molecule has 0 N–H and O–H groups in total. The highest BCUT2D eigenvalue weighted by Gasteiger charge is 2.21. The molecule has 230 valence electrons. The number of fused-ring (bicyclic) bond motifs is 6. The first-order valence-corrected chi connectivity index (χ1v) is 16.3. The molecular weight excluding hydrogens is 611 g/mol. The minimum atomic E-state index is 0.397. The van der Waals surface area contributed by atoms with Crippen molar-refractivity contribution in [2.45, 2.75) is 0 Å². The molecule has 5 nitrogen and oxygen atoms in total. The predicted molar refractivity (Wildman–Crippen MR) is 200 cm³/mol. The van der Waals surface area contributed by atoms with E-state index in [9.17, 15) is 15.8 Å². The number of nitrogens with zero attached hydrogens (tertiary/aromatic N) is 5. The van der Waals surface area contributed by atoms with Gasteiger partial charge in [-0.25, -0.2) is 0 Å². The Morgan fingerprint density at radius 2 is 0.960 bits per heavy atom. The summed E-state index contributed by atoms with van der Waals surface area (Å²) in [6.45, 7) is 0. The molecule has 7 aromatic carbocycles. The summed E-state index contributed by atoms with van der Waals surface area (Å²) in [4.78, 5) is 0. The lowest BCUT2D eigenvalue weighted by Gasteiger charge is -2.17. The molecule has 2 aromatic heterocycles. The second-order valence-electron chi connectivity index (χ2n) is 12.3. The molecule has 9 aromatic rings. The van der Waals surface area contributed by atoms with Gasteiger partial charge in [-0.1, -0.05) is 91.0 Å². The molecule has 0 radical (unpaired) electrons. The molecule has 9 rings (SSSR count). The average Bonchev–Trinajstić information content (AvgIpc) is 3.70. The van der Waals surface area contributed by atoms with Crippen LogP contribution in [0, 0.1) is 34.0 Å². The molecular formula is C45H25N5. The molecule has 0 fully saturated rings. The van der Waals surface area contributed by atoms with Gasteiger partial charge in [0.25, 0.3) is 0 Å².